The van der Waals surface area contributed by atoms with E-state index in [0.29, 0.717) is 22.8 Å². The fourth-order valence-corrected chi connectivity index (χ4v) is 2.93. The molecule has 0 radical (unpaired) electrons. The van der Waals surface area contributed by atoms with E-state index in [-0.39, 0.29) is 18.2 Å². The molecule has 2 aromatic heterocycles. The van der Waals surface area contributed by atoms with Crippen LogP contribution in [0.5, 0.6) is 5.88 Å². The molecule has 0 atom stereocenters. The van der Waals surface area contributed by atoms with E-state index in [1.54, 1.807) is 41.2 Å². The van der Waals surface area contributed by atoms with Crippen LogP contribution >= 0.6 is 0 Å². The number of carbonyl (C=O) groups is 2. The van der Waals surface area contributed by atoms with Crippen LogP contribution in [0.25, 0.3) is 0 Å². The number of benzene rings is 1. The molecule has 8 nitrogen and oxygen atoms in total. The monoisotopic (exact) mass is 393 g/mol. The van der Waals surface area contributed by atoms with Gasteiger partial charge in [-0.25, -0.2) is 4.98 Å². The third-order valence-electron chi connectivity index (χ3n) is 4.45. The van der Waals surface area contributed by atoms with Gasteiger partial charge >= 0.3 is 0 Å². The summed E-state index contributed by atoms with van der Waals surface area (Å²) in [5, 5.41) is 9.91. The zero-order chi connectivity index (χ0) is 21.0. The molecule has 2 heterocycles. The van der Waals surface area contributed by atoms with Gasteiger partial charge in [-0.2, -0.15) is 5.10 Å². The number of anilines is 2. The Bertz CT molecular complexity index is 1060. The first-order chi connectivity index (χ1) is 13.9. The smallest absolute Gasteiger partial charge is 0.255 e. The lowest BCUT2D eigenvalue weighted by Crippen LogP contribution is -2.17. The van der Waals surface area contributed by atoms with E-state index >= 15 is 0 Å². The van der Waals surface area contributed by atoms with Crippen LogP contribution in [0.2, 0.25) is 0 Å². The van der Waals surface area contributed by atoms with E-state index in [0.717, 1.165) is 16.8 Å². The maximum atomic E-state index is 12.7. The summed E-state index contributed by atoms with van der Waals surface area (Å²) in [7, 11) is 3.30. The van der Waals surface area contributed by atoms with Crippen LogP contribution in [-0.4, -0.2) is 33.7 Å². The van der Waals surface area contributed by atoms with Gasteiger partial charge in [0, 0.05) is 36.3 Å². The Labute approximate surface area is 168 Å². The fourth-order valence-electron chi connectivity index (χ4n) is 2.93. The molecular formula is C21H23N5O3. The molecule has 0 aliphatic carbocycles. The van der Waals surface area contributed by atoms with E-state index in [1.807, 2.05) is 27.1 Å². The average molecular weight is 393 g/mol. The van der Waals surface area contributed by atoms with Crippen molar-refractivity contribution in [3.63, 3.8) is 0 Å². The summed E-state index contributed by atoms with van der Waals surface area (Å²) >= 11 is 0. The highest BCUT2D eigenvalue weighted by Crippen LogP contribution is 2.22. The molecule has 0 unspecified atom stereocenters. The summed E-state index contributed by atoms with van der Waals surface area (Å²) in [4.78, 5) is 29.2. The quantitative estimate of drug-likeness (QED) is 0.671. The first-order valence-electron chi connectivity index (χ1n) is 9.07. The standard InChI is InChI=1S/C21H23N5O3/c1-13-7-8-15(20(28)24-17-6-5-9-22-21(17)29-4)10-18(13)23-19(27)11-16-12-26(3)25-14(16)2/h5-10,12H,11H2,1-4H3,(H,23,27)(H,24,28). The first-order valence-corrected chi connectivity index (χ1v) is 9.07. The van der Waals surface area contributed by atoms with E-state index in [4.69, 9.17) is 4.74 Å². The predicted octanol–water partition coefficient (Wildman–Crippen LogP) is 2.87. The summed E-state index contributed by atoms with van der Waals surface area (Å²) in [6.07, 6.45) is 3.62. The number of nitrogens with zero attached hydrogens (tertiary/aromatic N) is 3. The summed E-state index contributed by atoms with van der Waals surface area (Å²) in [6.45, 7) is 3.74. The lowest BCUT2D eigenvalue weighted by Gasteiger charge is -2.12. The SMILES string of the molecule is COc1ncccc1NC(=O)c1ccc(C)c(NC(=O)Cc2cn(C)nc2C)c1. The molecule has 0 fully saturated rings. The molecule has 29 heavy (non-hydrogen) atoms. The second kappa shape index (κ2) is 8.55. The van der Waals surface area contributed by atoms with E-state index in [1.165, 1.54) is 7.11 Å². The van der Waals surface area contributed by atoms with Crippen LogP contribution in [0.4, 0.5) is 11.4 Å². The number of ether oxygens (including phenoxy) is 1. The van der Waals surface area contributed by atoms with Crippen molar-refractivity contribution in [2.75, 3.05) is 17.7 Å². The van der Waals surface area contributed by atoms with Gasteiger partial charge in [-0.05, 0) is 43.7 Å². The Morgan fingerprint density at radius 1 is 1.14 bits per heavy atom. The second-order valence-corrected chi connectivity index (χ2v) is 6.68. The minimum atomic E-state index is -0.324. The number of hydrogen-bond acceptors (Lipinski definition) is 5. The molecule has 0 spiro atoms. The number of carbonyl (C=O) groups excluding carboxylic acids is 2. The molecule has 0 saturated heterocycles. The van der Waals surface area contributed by atoms with Crippen molar-refractivity contribution in [2.24, 2.45) is 7.05 Å². The number of aromatic nitrogens is 3. The molecular weight excluding hydrogens is 370 g/mol. The van der Waals surface area contributed by atoms with E-state index < -0.39 is 0 Å². The molecule has 2 amide bonds. The highest BCUT2D eigenvalue weighted by molar-refractivity contribution is 6.06. The molecule has 3 rings (SSSR count). The maximum absolute atomic E-state index is 12.7. The molecule has 8 heteroatoms. The second-order valence-electron chi connectivity index (χ2n) is 6.68. The molecule has 3 aromatic rings. The Morgan fingerprint density at radius 3 is 2.62 bits per heavy atom. The van der Waals surface area contributed by atoms with Crippen molar-refractivity contribution in [3.05, 3.63) is 65.1 Å². The van der Waals surface area contributed by atoms with Gasteiger partial charge in [-0.3, -0.25) is 14.3 Å². The van der Waals surface area contributed by atoms with Crippen molar-refractivity contribution in [1.29, 1.82) is 0 Å². The van der Waals surface area contributed by atoms with Crippen LogP contribution in [0.15, 0.2) is 42.7 Å². The van der Waals surface area contributed by atoms with Gasteiger partial charge in [-0.15, -0.1) is 0 Å². The van der Waals surface area contributed by atoms with Gasteiger partial charge in [-0.1, -0.05) is 6.07 Å². The lowest BCUT2D eigenvalue weighted by molar-refractivity contribution is -0.115. The summed E-state index contributed by atoms with van der Waals surface area (Å²) < 4.78 is 6.84. The number of nitrogens with one attached hydrogen (secondary N) is 2. The van der Waals surface area contributed by atoms with E-state index in [9.17, 15) is 9.59 Å². The van der Waals surface area contributed by atoms with Crippen molar-refractivity contribution < 1.29 is 14.3 Å². The number of hydrogen-bond donors (Lipinski definition) is 2. The number of rotatable bonds is 6. The third-order valence-corrected chi connectivity index (χ3v) is 4.45. The number of pyridine rings is 1. The average Bonchev–Trinajstić information content (AvgIpc) is 3.00. The number of amides is 2. The van der Waals surface area contributed by atoms with Gasteiger partial charge in [0.1, 0.15) is 5.69 Å². The van der Waals surface area contributed by atoms with Crippen LogP contribution < -0.4 is 15.4 Å². The molecule has 0 saturated carbocycles. The topological polar surface area (TPSA) is 98.1 Å². The molecule has 0 bridgehead atoms. The van der Waals surface area contributed by atoms with Gasteiger partial charge in [0.05, 0.1) is 19.2 Å². The summed E-state index contributed by atoms with van der Waals surface area (Å²) in [5.74, 6) is -0.168. The van der Waals surface area contributed by atoms with Gasteiger partial charge in [0.2, 0.25) is 11.8 Å². The Hall–Kier alpha value is -3.68. The highest BCUT2D eigenvalue weighted by Gasteiger charge is 2.14. The zero-order valence-electron chi connectivity index (χ0n) is 16.8. The fraction of sp³-hybridized carbons (Fsp3) is 0.238. The van der Waals surface area contributed by atoms with Crippen molar-refractivity contribution in [3.8, 4) is 5.88 Å². The van der Waals surface area contributed by atoms with Gasteiger partial charge < -0.3 is 15.4 Å². The van der Waals surface area contributed by atoms with Crippen LogP contribution in [-0.2, 0) is 18.3 Å². The molecule has 0 aliphatic heterocycles. The van der Waals surface area contributed by atoms with Crippen LogP contribution in [0, 0.1) is 13.8 Å². The Balaban J connectivity index is 1.74. The summed E-state index contributed by atoms with van der Waals surface area (Å²) in [5.41, 5.74) is 4.00. The molecule has 0 aliphatic rings. The normalized spacial score (nSPS) is 10.5. The number of aryl methyl sites for hydroxylation is 3. The number of methoxy groups -OCH3 is 1. The summed E-state index contributed by atoms with van der Waals surface area (Å²) in [6, 6.07) is 8.56. The minimum Gasteiger partial charge on any atom is -0.480 e. The molecule has 1 aromatic carbocycles. The van der Waals surface area contributed by atoms with Crippen molar-refractivity contribution in [1.82, 2.24) is 14.8 Å². The van der Waals surface area contributed by atoms with Crippen LogP contribution in [0.3, 0.4) is 0 Å². The van der Waals surface area contributed by atoms with Crippen molar-refractivity contribution >= 4 is 23.2 Å². The van der Waals surface area contributed by atoms with Gasteiger partial charge in [0.15, 0.2) is 0 Å². The predicted molar refractivity (Wildman–Crippen MR) is 110 cm³/mol. The zero-order valence-corrected chi connectivity index (χ0v) is 16.8. The highest BCUT2D eigenvalue weighted by atomic mass is 16.5. The maximum Gasteiger partial charge on any atom is 0.255 e. The Morgan fingerprint density at radius 2 is 1.93 bits per heavy atom. The molecule has 150 valence electrons. The van der Waals surface area contributed by atoms with Gasteiger partial charge in [0.25, 0.3) is 5.91 Å². The first kappa shape index (κ1) is 20.1. The largest absolute Gasteiger partial charge is 0.480 e. The minimum absolute atomic E-state index is 0.171. The Kier molecular flexibility index (Phi) is 5.92. The van der Waals surface area contributed by atoms with Crippen molar-refractivity contribution in [2.45, 2.75) is 20.3 Å². The lowest BCUT2D eigenvalue weighted by atomic mass is 10.1. The molecule has 2 N–H and O–H groups in total. The third kappa shape index (κ3) is 4.78. The van der Waals surface area contributed by atoms with E-state index in [2.05, 4.69) is 20.7 Å². The van der Waals surface area contributed by atoms with Crippen LogP contribution in [0.1, 0.15) is 27.2 Å².